The van der Waals surface area contributed by atoms with Crippen LogP contribution in [-0.2, 0) is 20.0 Å². The van der Waals surface area contributed by atoms with Crippen molar-refractivity contribution in [3.63, 3.8) is 0 Å². The first-order valence-corrected chi connectivity index (χ1v) is 17.3. The number of rotatable bonds is 5. The Hall–Kier alpha value is -4.77. The van der Waals surface area contributed by atoms with Crippen molar-refractivity contribution < 1.29 is 8.78 Å². The summed E-state index contributed by atoms with van der Waals surface area (Å²) < 4.78 is 31.7. The van der Waals surface area contributed by atoms with Crippen LogP contribution >= 0.6 is 0 Å². The number of aromatic nitrogens is 5. The van der Waals surface area contributed by atoms with Gasteiger partial charge in [0.05, 0.1) is 22.9 Å². The first kappa shape index (κ1) is 32.8. The number of likely N-dealkylation sites (N-methyl/N-ethyl adjacent to an activating group) is 1. The van der Waals surface area contributed by atoms with E-state index in [-0.39, 0.29) is 0 Å². The van der Waals surface area contributed by atoms with E-state index in [0.29, 0.717) is 12.2 Å². The zero-order chi connectivity index (χ0) is 34.1. The molecule has 5 aromatic rings. The van der Waals surface area contributed by atoms with E-state index in [9.17, 15) is 8.78 Å². The topological polar surface area (TPSA) is 70.3 Å². The Labute approximate surface area is 286 Å². The van der Waals surface area contributed by atoms with Gasteiger partial charge in [0.25, 0.3) is 0 Å². The number of aryl methyl sites for hydroxylation is 3. The summed E-state index contributed by atoms with van der Waals surface area (Å²) in [5.41, 5.74) is 9.76. The normalized spacial score (nSPS) is 16.1. The maximum Gasteiger partial charge on any atom is 0.208 e. The molecule has 1 N–H and O–H groups in total. The van der Waals surface area contributed by atoms with Gasteiger partial charge in [-0.15, -0.1) is 0 Å². The van der Waals surface area contributed by atoms with Crippen LogP contribution in [0.5, 0.6) is 0 Å². The molecule has 0 atom stereocenters. The number of pyridine rings is 1. The van der Waals surface area contributed by atoms with Crippen molar-refractivity contribution in [2.75, 3.05) is 61.4 Å². The third-order valence-corrected chi connectivity index (χ3v) is 9.96. The SMILES string of the molecule is C=C1Nc2nc3ccc(N4CCN(CCN(C)c5cc(F)cc(F)c5)CC4)cc3n2CCCCCCc2c(cnn2C)-c2cc1cc(C)n2. The average Bonchev–Trinajstić information content (AvgIpc) is 3.62. The molecule has 1 saturated heterocycles. The highest BCUT2D eigenvalue weighted by Crippen LogP contribution is 2.31. The molecule has 49 heavy (non-hydrogen) atoms. The number of hydrogen-bond donors (Lipinski definition) is 1. The molecule has 5 heterocycles. The number of nitrogens with zero attached hydrogens (tertiary/aromatic N) is 8. The minimum Gasteiger partial charge on any atom is -0.373 e. The highest BCUT2D eigenvalue weighted by Gasteiger charge is 2.21. The van der Waals surface area contributed by atoms with E-state index < -0.39 is 11.6 Å². The van der Waals surface area contributed by atoms with Gasteiger partial charge in [0.15, 0.2) is 0 Å². The molecule has 1 fully saturated rings. The van der Waals surface area contributed by atoms with Crippen LogP contribution in [0.4, 0.5) is 26.1 Å². The highest BCUT2D eigenvalue weighted by molar-refractivity contribution is 5.85. The van der Waals surface area contributed by atoms with E-state index in [1.165, 1.54) is 23.5 Å². The molecule has 2 aliphatic rings. The van der Waals surface area contributed by atoms with Crippen molar-refractivity contribution in [1.82, 2.24) is 29.2 Å². The molecule has 9 nitrogen and oxygen atoms in total. The largest absolute Gasteiger partial charge is 0.373 e. The van der Waals surface area contributed by atoms with E-state index in [1.54, 1.807) is 0 Å². The summed E-state index contributed by atoms with van der Waals surface area (Å²) >= 11 is 0. The lowest BCUT2D eigenvalue weighted by atomic mass is 10.0. The molecule has 7 rings (SSSR count). The third-order valence-electron chi connectivity index (χ3n) is 9.96. The third kappa shape index (κ3) is 7.17. The number of hydrogen-bond acceptors (Lipinski definition) is 7. The smallest absolute Gasteiger partial charge is 0.208 e. The van der Waals surface area contributed by atoms with E-state index in [1.807, 2.05) is 36.8 Å². The van der Waals surface area contributed by atoms with Crippen molar-refractivity contribution in [3.8, 4) is 11.3 Å². The molecule has 0 saturated carbocycles. The molecule has 0 radical (unpaired) electrons. The summed E-state index contributed by atoms with van der Waals surface area (Å²) in [6.07, 6.45) is 7.33. The Morgan fingerprint density at radius 3 is 2.47 bits per heavy atom. The fraction of sp³-hybridized carbons (Fsp3) is 0.395. The Kier molecular flexibility index (Phi) is 9.35. The summed E-state index contributed by atoms with van der Waals surface area (Å²) in [5, 5.41) is 8.14. The number of halogens is 2. The van der Waals surface area contributed by atoms with Crippen LogP contribution in [-0.4, -0.2) is 75.5 Å². The monoisotopic (exact) mass is 665 g/mol. The van der Waals surface area contributed by atoms with Gasteiger partial charge >= 0.3 is 0 Å². The van der Waals surface area contributed by atoms with Gasteiger partial charge in [-0.3, -0.25) is 14.6 Å². The van der Waals surface area contributed by atoms with Crippen molar-refractivity contribution in [1.29, 1.82) is 0 Å². The lowest BCUT2D eigenvalue weighted by Gasteiger charge is -2.37. The quantitative estimate of drug-likeness (QED) is 0.220. The molecule has 256 valence electrons. The summed E-state index contributed by atoms with van der Waals surface area (Å²) in [5.74, 6) is -0.301. The molecule has 0 aliphatic carbocycles. The van der Waals surface area contributed by atoms with Crippen molar-refractivity contribution in [3.05, 3.63) is 89.9 Å². The zero-order valence-electron chi connectivity index (χ0n) is 28.7. The number of benzene rings is 2. The van der Waals surface area contributed by atoms with Crippen molar-refractivity contribution in [2.45, 2.75) is 45.6 Å². The van der Waals surface area contributed by atoms with Gasteiger partial charge in [0.1, 0.15) is 11.6 Å². The molecule has 2 aliphatic heterocycles. The summed E-state index contributed by atoms with van der Waals surface area (Å²) in [6.45, 7) is 12.5. The minimum absolute atomic E-state index is 0.552. The predicted molar refractivity (Wildman–Crippen MR) is 194 cm³/mol. The van der Waals surface area contributed by atoms with Crippen LogP contribution in [0.15, 0.2) is 61.3 Å². The fourth-order valence-electron chi connectivity index (χ4n) is 7.12. The lowest BCUT2D eigenvalue weighted by Crippen LogP contribution is -2.48. The van der Waals surface area contributed by atoms with Crippen molar-refractivity contribution in [2.24, 2.45) is 7.05 Å². The summed E-state index contributed by atoms with van der Waals surface area (Å²) in [6, 6.07) is 14.4. The molecular formula is C38H45F2N9. The van der Waals surface area contributed by atoms with Gasteiger partial charge in [0.2, 0.25) is 5.95 Å². The van der Waals surface area contributed by atoms with Crippen LogP contribution in [0.3, 0.4) is 0 Å². The van der Waals surface area contributed by atoms with E-state index in [4.69, 9.17) is 9.97 Å². The van der Waals surface area contributed by atoms with Gasteiger partial charge in [-0.25, -0.2) is 13.8 Å². The molecule has 2 aromatic carbocycles. The molecule has 11 heteroatoms. The number of imidazole rings is 1. The van der Waals surface area contributed by atoms with Crippen LogP contribution in [0.1, 0.15) is 42.6 Å². The summed E-state index contributed by atoms with van der Waals surface area (Å²) in [7, 11) is 3.90. The van der Waals surface area contributed by atoms with Gasteiger partial charge in [-0.1, -0.05) is 19.4 Å². The lowest BCUT2D eigenvalue weighted by molar-refractivity contribution is 0.263. The predicted octanol–water partition coefficient (Wildman–Crippen LogP) is 6.88. The standard InChI is InChI=1S/C38H45F2N9/c1-26-19-28-20-35(42-26)33-25-41-46(4)36(33)9-7-5-6-8-12-49-37-24-31(10-11-34(37)44-38(49)43-27(28)2)48-17-15-47(16-18-48)14-13-45(3)32-22-29(39)21-30(40)23-32/h10-11,19-25H,2,5-9,12-18H2,1,3-4H3,(H,43,44). The molecule has 3 aromatic heterocycles. The Balaban J connectivity index is 1.08. The number of anilines is 3. The van der Waals surface area contributed by atoms with Gasteiger partial charge < -0.3 is 19.7 Å². The second-order valence-corrected chi connectivity index (χ2v) is 13.4. The van der Waals surface area contributed by atoms with Gasteiger partial charge in [-0.2, -0.15) is 5.10 Å². The first-order valence-electron chi connectivity index (χ1n) is 17.3. The summed E-state index contributed by atoms with van der Waals surface area (Å²) in [4.78, 5) is 16.7. The highest BCUT2D eigenvalue weighted by atomic mass is 19.1. The second-order valence-electron chi connectivity index (χ2n) is 13.4. The maximum absolute atomic E-state index is 13.7. The molecular weight excluding hydrogens is 620 g/mol. The van der Waals surface area contributed by atoms with Crippen molar-refractivity contribution >= 4 is 34.1 Å². The van der Waals surface area contributed by atoms with Crippen LogP contribution < -0.4 is 15.1 Å². The van der Waals surface area contributed by atoms with E-state index in [2.05, 4.69) is 61.7 Å². The number of fused-ring (bicyclic) bond motifs is 7. The molecule has 2 bridgehead atoms. The fourth-order valence-corrected chi connectivity index (χ4v) is 7.12. The molecule has 0 unspecified atom stereocenters. The van der Waals surface area contributed by atoms with E-state index >= 15 is 0 Å². The Bertz CT molecular complexity index is 1950. The van der Waals surface area contributed by atoms with Gasteiger partial charge in [0, 0.05) is 106 Å². The molecule has 0 amide bonds. The Morgan fingerprint density at radius 1 is 0.898 bits per heavy atom. The van der Waals surface area contributed by atoms with Crippen LogP contribution in [0.2, 0.25) is 0 Å². The molecule has 0 spiro atoms. The minimum atomic E-state index is -0.552. The average molecular weight is 666 g/mol. The van der Waals surface area contributed by atoms with E-state index in [0.717, 1.165) is 123 Å². The zero-order valence-corrected chi connectivity index (χ0v) is 28.7. The van der Waals surface area contributed by atoms with Crippen LogP contribution in [0, 0.1) is 18.6 Å². The number of nitrogens with one attached hydrogen (secondary N) is 1. The first-order chi connectivity index (χ1) is 23.7. The Morgan fingerprint density at radius 2 is 1.67 bits per heavy atom. The maximum atomic E-state index is 13.7. The van der Waals surface area contributed by atoms with Crippen LogP contribution in [0.25, 0.3) is 28.0 Å². The number of piperazine rings is 1. The van der Waals surface area contributed by atoms with Gasteiger partial charge in [-0.05, 0) is 68.7 Å². The second kappa shape index (κ2) is 14.0.